The number of nitrogens with one attached hydrogen (secondary N) is 1. The smallest absolute Gasteiger partial charge is 0.269 e. The number of benzene rings is 1. The van der Waals surface area contributed by atoms with Crippen LogP contribution in [0.2, 0.25) is 0 Å². The molecule has 5 nitrogen and oxygen atoms in total. The molecule has 1 amide bonds. The molecule has 0 aliphatic carbocycles. The van der Waals surface area contributed by atoms with Crippen molar-refractivity contribution in [3.05, 3.63) is 69.1 Å². The molecule has 1 N–H and O–H groups in total. The van der Waals surface area contributed by atoms with Crippen molar-refractivity contribution in [3.8, 4) is 6.07 Å². The Labute approximate surface area is 141 Å². The van der Waals surface area contributed by atoms with E-state index in [4.69, 9.17) is 5.26 Å². The van der Waals surface area contributed by atoms with E-state index in [0.717, 1.165) is 12.8 Å². The third-order valence-corrected chi connectivity index (χ3v) is 3.93. The van der Waals surface area contributed by atoms with Gasteiger partial charge >= 0.3 is 0 Å². The van der Waals surface area contributed by atoms with Gasteiger partial charge in [0.15, 0.2) is 0 Å². The maximum absolute atomic E-state index is 12.3. The topological polar surface area (TPSA) is 74.9 Å². The molecule has 0 fully saturated rings. The standard InChI is InChI=1S/C19H21N3O2/c1-14-11-15(2)22(19(24)17(14)12-20)13-18(23)21-10-6-9-16-7-4-3-5-8-16/h3-5,7-8,11H,6,9-10,13H2,1-2H3,(H,21,23). The van der Waals surface area contributed by atoms with E-state index in [1.807, 2.05) is 24.3 Å². The van der Waals surface area contributed by atoms with E-state index in [-0.39, 0.29) is 18.0 Å². The maximum atomic E-state index is 12.3. The van der Waals surface area contributed by atoms with E-state index in [1.54, 1.807) is 19.9 Å². The van der Waals surface area contributed by atoms with Crippen LogP contribution in [-0.4, -0.2) is 17.0 Å². The van der Waals surface area contributed by atoms with Crippen LogP contribution in [0.15, 0.2) is 41.2 Å². The number of carbonyl (C=O) groups excluding carboxylic acids is 1. The zero-order valence-electron chi connectivity index (χ0n) is 14.0. The lowest BCUT2D eigenvalue weighted by Crippen LogP contribution is -2.35. The molecule has 1 heterocycles. The van der Waals surface area contributed by atoms with Crippen LogP contribution >= 0.6 is 0 Å². The number of hydrogen-bond acceptors (Lipinski definition) is 3. The summed E-state index contributed by atoms with van der Waals surface area (Å²) in [5.74, 6) is -0.221. The summed E-state index contributed by atoms with van der Waals surface area (Å²) in [5, 5.41) is 11.9. The zero-order chi connectivity index (χ0) is 17.5. The van der Waals surface area contributed by atoms with E-state index in [0.29, 0.717) is 17.8 Å². The molecule has 2 aromatic rings. The van der Waals surface area contributed by atoms with Crippen LogP contribution in [0.25, 0.3) is 0 Å². The molecule has 0 atom stereocenters. The van der Waals surface area contributed by atoms with Gasteiger partial charge in [0.2, 0.25) is 5.91 Å². The first-order valence-corrected chi connectivity index (χ1v) is 7.94. The predicted octanol–water partition coefficient (Wildman–Crippen LogP) is 2.09. The number of hydrogen-bond donors (Lipinski definition) is 1. The minimum absolute atomic E-state index is 0.0645. The molecule has 0 unspecified atom stereocenters. The normalized spacial score (nSPS) is 10.2. The van der Waals surface area contributed by atoms with Gasteiger partial charge in [0.05, 0.1) is 0 Å². The molecule has 24 heavy (non-hydrogen) atoms. The Morgan fingerprint density at radius 1 is 1.25 bits per heavy atom. The third kappa shape index (κ3) is 4.32. The molecule has 1 aromatic carbocycles. The minimum atomic E-state index is -0.408. The fourth-order valence-electron chi connectivity index (χ4n) is 2.62. The zero-order valence-corrected chi connectivity index (χ0v) is 14.0. The summed E-state index contributed by atoms with van der Waals surface area (Å²) in [4.78, 5) is 24.3. The minimum Gasteiger partial charge on any atom is -0.355 e. The molecule has 0 bridgehead atoms. The van der Waals surface area contributed by atoms with Crippen molar-refractivity contribution < 1.29 is 4.79 Å². The van der Waals surface area contributed by atoms with Gasteiger partial charge in [-0.15, -0.1) is 0 Å². The van der Waals surface area contributed by atoms with E-state index >= 15 is 0 Å². The lowest BCUT2D eigenvalue weighted by Gasteiger charge is -2.12. The summed E-state index contributed by atoms with van der Waals surface area (Å²) in [6, 6.07) is 13.7. The van der Waals surface area contributed by atoms with Crippen LogP contribution < -0.4 is 10.9 Å². The van der Waals surface area contributed by atoms with Crippen molar-refractivity contribution in [2.75, 3.05) is 6.54 Å². The predicted molar refractivity (Wildman–Crippen MR) is 92.7 cm³/mol. The van der Waals surface area contributed by atoms with Crippen LogP contribution in [0.5, 0.6) is 0 Å². The SMILES string of the molecule is Cc1cc(C)n(CC(=O)NCCCc2ccccc2)c(=O)c1C#N. The molecule has 1 aromatic heterocycles. The van der Waals surface area contributed by atoms with Crippen molar-refractivity contribution in [3.63, 3.8) is 0 Å². The molecule has 124 valence electrons. The Hall–Kier alpha value is -2.87. The average molecular weight is 323 g/mol. The first-order chi connectivity index (χ1) is 11.5. The van der Waals surface area contributed by atoms with Crippen LogP contribution in [0.1, 0.15) is 28.8 Å². The van der Waals surface area contributed by atoms with Gasteiger partial charge in [-0.3, -0.25) is 9.59 Å². The molecule has 2 rings (SSSR count). The summed E-state index contributed by atoms with van der Waals surface area (Å²) >= 11 is 0. The Morgan fingerprint density at radius 3 is 2.62 bits per heavy atom. The third-order valence-electron chi connectivity index (χ3n) is 3.93. The largest absolute Gasteiger partial charge is 0.355 e. The van der Waals surface area contributed by atoms with Gasteiger partial charge in [-0.25, -0.2) is 0 Å². The second-order valence-electron chi connectivity index (χ2n) is 5.79. The van der Waals surface area contributed by atoms with Gasteiger partial charge in [-0.1, -0.05) is 30.3 Å². The van der Waals surface area contributed by atoms with Crippen molar-refractivity contribution in [2.45, 2.75) is 33.2 Å². The molecule has 5 heteroatoms. The highest BCUT2D eigenvalue weighted by atomic mass is 16.2. The quantitative estimate of drug-likeness (QED) is 0.827. The lowest BCUT2D eigenvalue weighted by molar-refractivity contribution is -0.121. The van der Waals surface area contributed by atoms with Gasteiger partial charge in [0.25, 0.3) is 5.56 Å². The first-order valence-electron chi connectivity index (χ1n) is 7.94. The molecule has 0 radical (unpaired) electrons. The van der Waals surface area contributed by atoms with E-state index in [9.17, 15) is 9.59 Å². The summed E-state index contributed by atoms with van der Waals surface area (Å²) in [7, 11) is 0. The second-order valence-corrected chi connectivity index (χ2v) is 5.79. The number of aryl methyl sites for hydroxylation is 3. The molecular formula is C19H21N3O2. The summed E-state index contributed by atoms with van der Waals surface area (Å²) in [6.45, 7) is 3.97. The number of nitrogens with zero attached hydrogens (tertiary/aromatic N) is 2. The van der Waals surface area contributed by atoms with Crippen LogP contribution in [-0.2, 0) is 17.8 Å². The molecule has 0 aliphatic rings. The average Bonchev–Trinajstić information content (AvgIpc) is 2.57. The number of rotatable bonds is 6. The van der Waals surface area contributed by atoms with Crippen molar-refractivity contribution in [1.82, 2.24) is 9.88 Å². The van der Waals surface area contributed by atoms with Crippen LogP contribution in [0, 0.1) is 25.2 Å². The van der Waals surface area contributed by atoms with Crippen molar-refractivity contribution in [1.29, 1.82) is 5.26 Å². The second kappa shape index (κ2) is 8.11. The molecular weight excluding hydrogens is 302 g/mol. The lowest BCUT2D eigenvalue weighted by atomic mass is 10.1. The first kappa shape index (κ1) is 17.5. The summed E-state index contributed by atoms with van der Waals surface area (Å²) in [6.07, 6.45) is 1.73. The van der Waals surface area contributed by atoms with E-state index in [1.165, 1.54) is 10.1 Å². The number of carbonyl (C=O) groups is 1. The molecule has 0 aliphatic heterocycles. The monoisotopic (exact) mass is 323 g/mol. The van der Waals surface area contributed by atoms with Crippen LogP contribution in [0.4, 0.5) is 0 Å². The van der Waals surface area contributed by atoms with Crippen LogP contribution in [0.3, 0.4) is 0 Å². The number of pyridine rings is 1. The Kier molecular flexibility index (Phi) is 5.91. The van der Waals surface area contributed by atoms with Crippen molar-refractivity contribution >= 4 is 5.91 Å². The number of aromatic nitrogens is 1. The van der Waals surface area contributed by atoms with Gasteiger partial charge in [0, 0.05) is 12.2 Å². The summed E-state index contributed by atoms with van der Waals surface area (Å²) < 4.78 is 1.35. The Balaban J connectivity index is 1.91. The molecule has 0 saturated heterocycles. The van der Waals surface area contributed by atoms with E-state index in [2.05, 4.69) is 17.4 Å². The Bertz CT molecular complexity index is 817. The fraction of sp³-hybridized carbons (Fsp3) is 0.316. The highest BCUT2D eigenvalue weighted by molar-refractivity contribution is 5.75. The van der Waals surface area contributed by atoms with Gasteiger partial charge in [-0.05, 0) is 43.9 Å². The highest BCUT2D eigenvalue weighted by Crippen LogP contribution is 2.05. The molecule has 0 saturated carbocycles. The summed E-state index contributed by atoms with van der Waals surface area (Å²) in [5.41, 5.74) is 2.23. The Morgan fingerprint density at radius 2 is 1.96 bits per heavy atom. The number of amides is 1. The maximum Gasteiger partial charge on any atom is 0.269 e. The van der Waals surface area contributed by atoms with Gasteiger partial charge in [0.1, 0.15) is 18.2 Å². The van der Waals surface area contributed by atoms with Crippen molar-refractivity contribution in [2.24, 2.45) is 0 Å². The number of nitriles is 1. The van der Waals surface area contributed by atoms with Gasteiger partial charge in [-0.2, -0.15) is 5.26 Å². The highest BCUT2D eigenvalue weighted by Gasteiger charge is 2.12. The molecule has 0 spiro atoms. The van der Waals surface area contributed by atoms with Gasteiger partial charge < -0.3 is 9.88 Å². The fourth-order valence-corrected chi connectivity index (χ4v) is 2.62. The van der Waals surface area contributed by atoms with E-state index < -0.39 is 5.56 Å².